The fourth-order valence-corrected chi connectivity index (χ4v) is 1.38. The predicted molar refractivity (Wildman–Crippen MR) is 54.2 cm³/mol. The van der Waals surface area contributed by atoms with Crippen LogP contribution in [0.2, 0.25) is 5.02 Å². The molecule has 0 aliphatic rings. The van der Waals surface area contributed by atoms with Crippen LogP contribution in [0.3, 0.4) is 0 Å². The molecule has 1 aromatic carbocycles. The molecule has 0 amide bonds. The maximum atomic E-state index is 12.4. The van der Waals surface area contributed by atoms with Crippen molar-refractivity contribution >= 4 is 17.6 Å². The highest BCUT2D eigenvalue weighted by molar-refractivity contribution is 6.32. The Labute approximate surface area is 99.8 Å². The van der Waals surface area contributed by atoms with Gasteiger partial charge in [0.25, 0.3) is 0 Å². The SMILES string of the molecule is O=C(O)CCOc1cccc(C(F)(F)F)c1Cl. The zero-order chi connectivity index (χ0) is 13.1. The fraction of sp³-hybridized carbons (Fsp3) is 0.300. The van der Waals surface area contributed by atoms with Crippen LogP contribution in [0.15, 0.2) is 18.2 Å². The van der Waals surface area contributed by atoms with Gasteiger partial charge in [0, 0.05) is 0 Å². The molecule has 0 unspecified atom stereocenters. The van der Waals surface area contributed by atoms with E-state index < -0.39 is 22.7 Å². The Balaban J connectivity index is 2.84. The molecular weight excluding hydrogens is 261 g/mol. The molecule has 0 saturated heterocycles. The number of aliphatic carboxylic acids is 1. The smallest absolute Gasteiger partial charge is 0.417 e. The van der Waals surface area contributed by atoms with E-state index >= 15 is 0 Å². The van der Waals surface area contributed by atoms with Crippen molar-refractivity contribution in [3.8, 4) is 5.75 Å². The van der Waals surface area contributed by atoms with E-state index in [4.69, 9.17) is 21.4 Å². The first-order chi connectivity index (χ1) is 7.82. The van der Waals surface area contributed by atoms with Crippen LogP contribution in [0.4, 0.5) is 13.2 Å². The summed E-state index contributed by atoms with van der Waals surface area (Å²) in [5, 5.41) is 7.79. The minimum atomic E-state index is -4.57. The van der Waals surface area contributed by atoms with Gasteiger partial charge in [0.1, 0.15) is 5.75 Å². The summed E-state index contributed by atoms with van der Waals surface area (Å²) in [6, 6.07) is 3.22. The molecule has 0 fully saturated rings. The first-order valence-electron chi connectivity index (χ1n) is 4.52. The highest BCUT2D eigenvalue weighted by Crippen LogP contribution is 2.39. The maximum absolute atomic E-state index is 12.4. The molecule has 0 spiro atoms. The largest absolute Gasteiger partial charge is 0.491 e. The Morgan fingerprint density at radius 3 is 2.59 bits per heavy atom. The number of carbonyl (C=O) groups is 1. The van der Waals surface area contributed by atoms with Crippen molar-refractivity contribution in [2.24, 2.45) is 0 Å². The van der Waals surface area contributed by atoms with Gasteiger partial charge in [-0.05, 0) is 12.1 Å². The molecule has 0 aromatic heterocycles. The van der Waals surface area contributed by atoms with Crippen molar-refractivity contribution in [3.63, 3.8) is 0 Å². The number of hydrogen-bond donors (Lipinski definition) is 1. The first kappa shape index (κ1) is 13.6. The van der Waals surface area contributed by atoms with Crippen LogP contribution in [0.5, 0.6) is 5.75 Å². The second kappa shape index (κ2) is 5.27. The quantitative estimate of drug-likeness (QED) is 0.912. The summed E-state index contributed by atoms with van der Waals surface area (Å²) in [5.74, 6) is -1.28. The number of hydrogen-bond acceptors (Lipinski definition) is 2. The van der Waals surface area contributed by atoms with Crippen LogP contribution < -0.4 is 4.74 Å². The molecule has 0 bridgehead atoms. The van der Waals surface area contributed by atoms with E-state index in [1.807, 2.05) is 0 Å². The zero-order valence-corrected chi connectivity index (χ0v) is 9.18. The summed E-state index contributed by atoms with van der Waals surface area (Å²) in [6.07, 6.45) is -4.88. The van der Waals surface area contributed by atoms with Gasteiger partial charge >= 0.3 is 12.1 Å². The van der Waals surface area contributed by atoms with Crippen LogP contribution in [0, 0.1) is 0 Å². The standard InChI is InChI=1S/C10H8ClF3O3/c11-9-6(10(12,13)14)2-1-3-7(9)17-5-4-8(15)16/h1-3H,4-5H2,(H,15,16). The van der Waals surface area contributed by atoms with Crippen molar-refractivity contribution < 1.29 is 27.8 Å². The molecule has 0 heterocycles. The number of halogens is 4. The Kier molecular flexibility index (Phi) is 4.22. The summed E-state index contributed by atoms with van der Waals surface area (Å²) in [5.41, 5.74) is -1.01. The lowest BCUT2D eigenvalue weighted by Crippen LogP contribution is -2.08. The average molecular weight is 269 g/mol. The number of alkyl halides is 3. The molecule has 0 atom stereocenters. The van der Waals surface area contributed by atoms with Gasteiger partial charge in [-0.2, -0.15) is 13.2 Å². The molecule has 1 rings (SSSR count). The van der Waals surface area contributed by atoms with Gasteiger partial charge in [0.2, 0.25) is 0 Å². The van der Waals surface area contributed by atoms with Crippen molar-refractivity contribution in [2.45, 2.75) is 12.6 Å². The van der Waals surface area contributed by atoms with E-state index in [0.29, 0.717) is 0 Å². The molecule has 94 valence electrons. The van der Waals surface area contributed by atoms with Crippen LogP contribution in [-0.2, 0) is 11.0 Å². The van der Waals surface area contributed by atoms with Crippen LogP contribution in [0.25, 0.3) is 0 Å². The topological polar surface area (TPSA) is 46.5 Å². The summed E-state index contributed by atoms with van der Waals surface area (Å²) in [6.45, 7) is -0.240. The Bertz CT molecular complexity index is 418. The number of carboxylic acid groups (broad SMARTS) is 1. The molecule has 17 heavy (non-hydrogen) atoms. The molecule has 0 aliphatic carbocycles. The molecule has 0 saturated carbocycles. The van der Waals surface area contributed by atoms with E-state index in [1.54, 1.807) is 0 Å². The monoisotopic (exact) mass is 268 g/mol. The van der Waals surface area contributed by atoms with Crippen molar-refractivity contribution in [1.82, 2.24) is 0 Å². The van der Waals surface area contributed by atoms with Gasteiger partial charge in [0.15, 0.2) is 0 Å². The minimum absolute atomic E-state index is 0.178. The number of rotatable bonds is 4. The molecular formula is C10H8ClF3O3. The molecule has 0 aliphatic heterocycles. The molecule has 7 heteroatoms. The third-order valence-corrected chi connectivity index (χ3v) is 2.23. The lowest BCUT2D eigenvalue weighted by molar-refractivity contribution is -0.138. The van der Waals surface area contributed by atoms with Gasteiger partial charge in [-0.25, -0.2) is 0 Å². The van der Waals surface area contributed by atoms with E-state index in [1.165, 1.54) is 6.07 Å². The predicted octanol–water partition coefficient (Wildman–Crippen LogP) is 3.21. The Morgan fingerprint density at radius 1 is 1.41 bits per heavy atom. The molecule has 3 nitrogen and oxygen atoms in total. The Hall–Kier alpha value is -1.43. The molecule has 1 N–H and O–H groups in total. The van der Waals surface area contributed by atoms with Gasteiger partial charge in [0.05, 0.1) is 23.6 Å². The average Bonchev–Trinajstić information content (AvgIpc) is 2.18. The van der Waals surface area contributed by atoms with Crippen LogP contribution >= 0.6 is 11.6 Å². The van der Waals surface area contributed by atoms with Crippen molar-refractivity contribution in [1.29, 1.82) is 0 Å². The number of carboxylic acids is 1. The van der Waals surface area contributed by atoms with Gasteiger partial charge in [-0.3, -0.25) is 4.79 Å². The normalized spacial score (nSPS) is 11.3. The van der Waals surface area contributed by atoms with Crippen molar-refractivity contribution in [2.75, 3.05) is 6.61 Å². The lowest BCUT2D eigenvalue weighted by Gasteiger charge is -2.12. The molecule has 0 radical (unpaired) electrons. The first-order valence-corrected chi connectivity index (χ1v) is 4.90. The lowest BCUT2D eigenvalue weighted by atomic mass is 10.2. The number of benzene rings is 1. The summed E-state index contributed by atoms with van der Waals surface area (Å²) >= 11 is 5.52. The second-order valence-electron chi connectivity index (χ2n) is 3.11. The highest BCUT2D eigenvalue weighted by Gasteiger charge is 2.34. The van der Waals surface area contributed by atoms with Crippen LogP contribution in [0.1, 0.15) is 12.0 Å². The molecule has 1 aromatic rings. The third kappa shape index (κ3) is 3.81. The van der Waals surface area contributed by atoms with Gasteiger partial charge in [-0.1, -0.05) is 17.7 Å². The Morgan fingerprint density at radius 2 is 2.06 bits per heavy atom. The van der Waals surface area contributed by atoms with Gasteiger partial charge in [-0.15, -0.1) is 0 Å². The van der Waals surface area contributed by atoms with Crippen molar-refractivity contribution in [3.05, 3.63) is 28.8 Å². The van der Waals surface area contributed by atoms with Gasteiger partial charge < -0.3 is 9.84 Å². The van der Waals surface area contributed by atoms with E-state index in [-0.39, 0.29) is 18.8 Å². The summed E-state index contributed by atoms with van der Waals surface area (Å²) in [7, 11) is 0. The zero-order valence-electron chi connectivity index (χ0n) is 8.42. The second-order valence-corrected chi connectivity index (χ2v) is 3.49. The fourth-order valence-electron chi connectivity index (χ4n) is 1.09. The van der Waals surface area contributed by atoms with Crippen LogP contribution in [-0.4, -0.2) is 17.7 Å². The van der Waals surface area contributed by atoms with E-state index in [2.05, 4.69) is 0 Å². The van der Waals surface area contributed by atoms with E-state index in [0.717, 1.165) is 12.1 Å². The summed E-state index contributed by atoms with van der Waals surface area (Å²) in [4.78, 5) is 10.2. The third-order valence-electron chi connectivity index (χ3n) is 1.84. The number of ether oxygens (including phenoxy) is 1. The maximum Gasteiger partial charge on any atom is 0.417 e. The highest BCUT2D eigenvalue weighted by atomic mass is 35.5. The minimum Gasteiger partial charge on any atom is -0.491 e. The van der Waals surface area contributed by atoms with E-state index in [9.17, 15) is 18.0 Å². The summed E-state index contributed by atoms with van der Waals surface area (Å²) < 4.78 is 42.2.